The fourth-order valence-electron chi connectivity index (χ4n) is 3.79. The molecule has 0 spiro atoms. The van der Waals surface area contributed by atoms with E-state index < -0.39 is 17.7 Å². The Kier molecular flexibility index (Phi) is 7.30. The van der Waals surface area contributed by atoms with Crippen LogP contribution in [0.15, 0.2) is 48.3 Å². The molecule has 1 aromatic heterocycles. The molecule has 0 radical (unpaired) electrons. The Balaban J connectivity index is 2.14. The number of ether oxygens (including phenoxy) is 1. The summed E-state index contributed by atoms with van der Waals surface area (Å²) in [5.74, 6) is -1.37. The highest BCUT2D eigenvalue weighted by molar-refractivity contribution is 6.46. The molecule has 1 saturated heterocycles. The van der Waals surface area contributed by atoms with Crippen LogP contribution in [0.4, 0.5) is 0 Å². The zero-order valence-corrected chi connectivity index (χ0v) is 18.6. The molecule has 1 unspecified atom stereocenters. The largest absolute Gasteiger partial charge is 0.507 e. The van der Waals surface area contributed by atoms with E-state index in [4.69, 9.17) is 16.3 Å². The summed E-state index contributed by atoms with van der Waals surface area (Å²) in [7, 11) is 1.46. The number of hydrogen-bond donors (Lipinski definition) is 1. The molecular weight excluding hydrogens is 418 g/mol. The van der Waals surface area contributed by atoms with Crippen molar-refractivity contribution in [3.63, 3.8) is 0 Å². The van der Waals surface area contributed by atoms with Crippen molar-refractivity contribution in [1.29, 1.82) is 0 Å². The molecule has 2 aromatic rings. The third-order valence-electron chi connectivity index (χ3n) is 5.51. The number of likely N-dealkylation sites (N-methyl/N-ethyl adjacent to an activating group) is 1. The maximum atomic E-state index is 13.1. The molecule has 3 rings (SSSR count). The zero-order valence-electron chi connectivity index (χ0n) is 17.8. The average Bonchev–Trinajstić information content (AvgIpc) is 3.04. The summed E-state index contributed by atoms with van der Waals surface area (Å²) in [4.78, 5) is 33.9. The van der Waals surface area contributed by atoms with Gasteiger partial charge in [0.25, 0.3) is 11.7 Å². The van der Waals surface area contributed by atoms with Crippen LogP contribution in [0, 0.1) is 0 Å². The van der Waals surface area contributed by atoms with Crippen LogP contribution in [-0.4, -0.2) is 64.9 Å². The van der Waals surface area contributed by atoms with Crippen molar-refractivity contribution < 1.29 is 19.4 Å². The quantitative estimate of drug-likeness (QED) is 0.382. The number of aromatic nitrogens is 1. The van der Waals surface area contributed by atoms with E-state index in [2.05, 4.69) is 9.88 Å². The van der Waals surface area contributed by atoms with Gasteiger partial charge in [-0.15, -0.1) is 0 Å². The van der Waals surface area contributed by atoms with E-state index in [1.165, 1.54) is 18.1 Å². The highest BCUT2D eigenvalue weighted by Gasteiger charge is 2.46. The normalized spacial score (nSPS) is 18.1. The van der Waals surface area contributed by atoms with E-state index in [1.807, 2.05) is 13.8 Å². The van der Waals surface area contributed by atoms with Crippen molar-refractivity contribution in [2.45, 2.75) is 19.9 Å². The molecule has 1 amide bonds. The maximum absolute atomic E-state index is 13.1. The smallest absolute Gasteiger partial charge is 0.295 e. The summed E-state index contributed by atoms with van der Waals surface area (Å²) < 4.78 is 5.34. The van der Waals surface area contributed by atoms with Gasteiger partial charge in [-0.3, -0.25) is 14.6 Å². The van der Waals surface area contributed by atoms with Gasteiger partial charge in [0.05, 0.1) is 24.3 Å². The molecule has 164 valence electrons. The van der Waals surface area contributed by atoms with Crippen LogP contribution < -0.4 is 4.74 Å². The van der Waals surface area contributed by atoms with Crippen LogP contribution in [0.1, 0.15) is 31.0 Å². The molecule has 0 saturated carbocycles. The first-order chi connectivity index (χ1) is 14.9. The Bertz CT molecular complexity index is 990. The number of carbonyl (C=O) groups excluding carboxylic acids is 2. The minimum Gasteiger partial charge on any atom is -0.507 e. The number of rotatable bonds is 8. The van der Waals surface area contributed by atoms with E-state index >= 15 is 0 Å². The number of halogens is 1. The molecule has 1 aliphatic heterocycles. The van der Waals surface area contributed by atoms with Crippen molar-refractivity contribution in [1.82, 2.24) is 14.8 Å². The Labute approximate surface area is 186 Å². The fraction of sp³-hybridized carbons (Fsp3) is 0.348. The van der Waals surface area contributed by atoms with Gasteiger partial charge in [-0.2, -0.15) is 0 Å². The van der Waals surface area contributed by atoms with E-state index in [0.29, 0.717) is 29.4 Å². The molecule has 0 bridgehead atoms. The van der Waals surface area contributed by atoms with E-state index in [0.717, 1.165) is 13.1 Å². The van der Waals surface area contributed by atoms with Crippen LogP contribution in [0.25, 0.3) is 5.76 Å². The molecule has 1 N–H and O–H groups in total. The van der Waals surface area contributed by atoms with Crippen LogP contribution >= 0.6 is 11.6 Å². The molecule has 1 aliphatic rings. The number of aliphatic hydroxyl groups is 1. The predicted molar refractivity (Wildman–Crippen MR) is 119 cm³/mol. The maximum Gasteiger partial charge on any atom is 0.295 e. The topological polar surface area (TPSA) is 83.0 Å². The third kappa shape index (κ3) is 4.57. The molecule has 1 aromatic carbocycles. The average molecular weight is 444 g/mol. The standard InChI is InChI=1S/C23H26ClN3O4/c1-4-26(5-2)11-12-27-20(15-7-6-10-25-14-15)19(22(29)23(27)30)21(28)17-13-16(24)8-9-18(17)31-3/h6-10,13-14,20,28H,4-5,11-12H2,1-3H3/b21-19+. The summed E-state index contributed by atoms with van der Waals surface area (Å²) >= 11 is 6.12. The second-order valence-electron chi connectivity index (χ2n) is 7.15. The number of pyridine rings is 1. The number of Topliss-reactive ketones (excluding diaryl/α,β-unsaturated/α-hetero) is 1. The van der Waals surface area contributed by atoms with Gasteiger partial charge >= 0.3 is 0 Å². The lowest BCUT2D eigenvalue weighted by Crippen LogP contribution is -2.38. The molecule has 31 heavy (non-hydrogen) atoms. The van der Waals surface area contributed by atoms with Crippen LogP contribution in [0.2, 0.25) is 5.02 Å². The van der Waals surface area contributed by atoms with Crippen molar-refractivity contribution >= 4 is 29.1 Å². The summed E-state index contributed by atoms with van der Waals surface area (Å²) in [5.41, 5.74) is 0.896. The summed E-state index contributed by atoms with van der Waals surface area (Å²) in [5, 5.41) is 11.5. The van der Waals surface area contributed by atoms with E-state index in [9.17, 15) is 14.7 Å². The van der Waals surface area contributed by atoms with Gasteiger partial charge in [0.2, 0.25) is 0 Å². The van der Waals surface area contributed by atoms with Gasteiger partial charge in [-0.25, -0.2) is 0 Å². The monoisotopic (exact) mass is 443 g/mol. The summed E-state index contributed by atoms with van der Waals surface area (Å²) in [6.45, 7) is 6.70. The van der Waals surface area contributed by atoms with Crippen LogP contribution in [0.3, 0.4) is 0 Å². The first-order valence-corrected chi connectivity index (χ1v) is 10.5. The lowest BCUT2D eigenvalue weighted by molar-refractivity contribution is -0.140. The second kappa shape index (κ2) is 9.94. The highest BCUT2D eigenvalue weighted by Crippen LogP contribution is 2.41. The molecule has 8 heteroatoms. The number of nitrogens with zero attached hydrogens (tertiary/aromatic N) is 3. The number of benzene rings is 1. The second-order valence-corrected chi connectivity index (χ2v) is 7.59. The minimum atomic E-state index is -0.757. The van der Waals surface area contributed by atoms with E-state index in [-0.39, 0.29) is 16.9 Å². The van der Waals surface area contributed by atoms with Gasteiger partial charge in [-0.1, -0.05) is 31.5 Å². The first kappa shape index (κ1) is 22.8. The Morgan fingerprint density at radius 1 is 1.26 bits per heavy atom. The Morgan fingerprint density at radius 3 is 2.61 bits per heavy atom. The van der Waals surface area contributed by atoms with Crippen LogP contribution in [-0.2, 0) is 9.59 Å². The number of likely N-dealkylation sites (tertiary alicyclic amines) is 1. The Hall–Kier alpha value is -2.90. The third-order valence-corrected chi connectivity index (χ3v) is 5.74. The van der Waals surface area contributed by atoms with Crippen molar-refractivity contribution in [3.05, 3.63) is 64.4 Å². The number of aliphatic hydroxyl groups excluding tert-OH is 1. The molecule has 0 aliphatic carbocycles. The molecular formula is C23H26ClN3O4. The molecule has 1 fully saturated rings. The van der Waals surface area contributed by atoms with E-state index in [1.54, 1.807) is 36.7 Å². The summed E-state index contributed by atoms with van der Waals surface area (Å²) in [6, 6.07) is 7.51. The van der Waals surface area contributed by atoms with Gasteiger partial charge in [0, 0.05) is 30.5 Å². The van der Waals surface area contributed by atoms with Crippen molar-refractivity contribution in [2.75, 3.05) is 33.3 Å². The molecule has 1 atom stereocenters. The van der Waals surface area contributed by atoms with Gasteiger partial charge in [0.15, 0.2) is 0 Å². The number of amides is 1. The number of methoxy groups -OCH3 is 1. The van der Waals surface area contributed by atoms with Crippen molar-refractivity contribution in [3.8, 4) is 5.75 Å². The SMILES string of the molecule is CCN(CC)CCN1C(=O)C(=O)/C(=C(/O)c2cc(Cl)ccc2OC)C1c1cccnc1. The fourth-order valence-corrected chi connectivity index (χ4v) is 3.97. The minimum absolute atomic E-state index is 0.00175. The molecule has 7 nitrogen and oxygen atoms in total. The van der Waals surface area contributed by atoms with Gasteiger partial charge < -0.3 is 19.6 Å². The first-order valence-electron chi connectivity index (χ1n) is 10.2. The van der Waals surface area contributed by atoms with Gasteiger partial charge in [-0.05, 0) is 42.9 Å². The zero-order chi connectivity index (χ0) is 22.5. The lowest BCUT2D eigenvalue weighted by Gasteiger charge is -2.28. The highest BCUT2D eigenvalue weighted by atomic mass is 35.5. The van der Waals surface area contributed by atoms with Crippen molar-refractivity contribution in [2.24, 2.45) is 0 Å². The molecule has 2 heterocycles. The predicted octanol–water partition coefficient (Wildman–Crippen LogP) is 3.51. The number of ketones is 1. The summed E-state index contributed by atoms with van der Waals surface area (Å²) in [6.07, 6.45) is 3.22. The number of carbonyl (C=O) groups is 2. The lowest BCUT2D eigenvalue weighted by atomic mass is 9.96. The van der Waals surface area contributed by atoms with Crippen LogP contribution in [0.5, 0.6) is 5.75 Å². The Morgan fingerprint density at radius 2 is 2.00 bits per heavy atom. The number of hydrogen-bond acceptors (Lipinski definition) is 6. The van der Waals surface area contributed by atoms with Gasteiger partial charge in [0.1, 0.15) is 11.5 Å².